The lowest BCUT2D eigenvalue weighted by molar-refractivity contribution is -0.00429. The molecular weight excluding hydrogens is 1140 g/mol. The quantitative estimate of drug-likeness (QED) is 0.0675. The van der Waals surface area contributed by atoms with Crippen molar-refractivity contribution in [3.05, 3.63) is 25.4 Å². The van der Waals surface area contributed by atoms with Crippen LogP contribution in [0.5, 0.6) is 0 Å². The summed E-state index contributed by atoms with van der Waals surface area (Å²) in [5.74, 6) is 5.11. The summed E-state index contributed by atoms with van der Waals surface area (Å²) < 4.78 is 31.6. The summed E-state index contributed by atoms with van der Waals surface area (Å²) in [6.45, 7) is 29.8. The number of nitrogens with one attached hydrogen (secondary N) is 4. The predicted octanol–water partition coefficient (Wildman–Crippen LogP) is 16.0. The zero-order valence-corrected chi connectivity index (χ0v) is 54.8. The molecule has 4 N–H and O–H groups in total. The smallest absolute Gasteiger partial charge is 0.407 e. The van der Waals surface area contributed by atoms with Gasteiger partial charge in [-0.25, -0.2) is 19.2 Å². The van der Waals surface area contributed by atoms with Gasteiger partial charge in [-0.05, 0) is 122 Å². The molecule has 8 aliphatic carbocycles. The van der Waals surface area contributed by atoms with Gasteiger partial charge in [-0.3, -0.25) is 0 Å². The van der Waals surface area contributed by atoms with Gasteiger partial charge in [-0.1, -0.05) is 130 Å². The third-order valence-corrected chi connectivity index (χ3v) is 35.1. The largest absolute Gasteiger partial charge is 0.446 e. The molecule has 4 amide bonds. The molecule has 0 radical (unpaired) electrons. The molecule has 20 heteroatoms. The Balaban J connectivity index is 0.759. The minimum absolute atomic E-state index is 0.00660. The van der Waals surface area contributed by atoms with Gasteiger partial charge < -0.3 is 40.2 Å². The topological polar surface area (TPSA) is 153 Å². The van der Waals surface area contributed by atoms with Crippen molar-refractivity contribution in [2.24, 2.45) is 67.0 Å². The number of hydrogen-bond acceptors (Lipinski definition) is 16. The van der Waals surface area contributed by atoms with E-state index >= 15 is 0 Å². The fourth-order valence-electron chi connectivity index (χ4n) is 16.2. The Hall–Kier alpha value is -0.900. The Labute approximate surface area is 500 Å². The second-order valence-electron chi connectivity index (χ2n) is 27.3. The zero-order chi connectivity index (χ0) is 55.8. The van der Waals surface area contributed by atoms with Gasteiger partial charge >= 0.3 is 24.4 Å². The maximum absolute atomic E-state index is 13.2. The van der Waals surface area contributed by atoms with Crippen molar-refractivity contribution in [2.45, 2.75) is 185 Å². The lowest BCUT2D eigenvalue weighted by atomic mass is 9.70. The van der Waals surface area contributed by atoms with Gasteiger partial charge in [-0.15, -0.1) is 47.0 Å². The first-order valence-electron chi connectivity index (χ1n) is 29.0. The van der Waals surface area contributed by atoms with Crippen LogP contribution in [0.2, 0.25) is 0 Å². The summed E-state index contributed by atoms with van der Waals surface area (Å²) in [5.41, 5.74) is 0.689. The van der Waals surface area contributed by atoms with E-state index in [2.05, 4.69) is 104 Å². The van der Waals surface area contributed by atoms with Gasteiger partial charge in [0.15, 0.2) is 0 Å². The van der Waals surface area contributed by atoms with E-state index in [9.17, 15) is 19.2 Å². The molecule has 0 aromatic carbocycles. The van der Waals surface area contributed by atoms with Crippen LogP contribution < -0.4 is 21.3 Å². The summed E-state index contributed by atoms with van der Waals surface area (Å²) in [6, 6.07) is 0. The van der Waals surface area contributed by atoms with Crippen LogP contribution in [0.3, 0.4) is 0 Å². The highest BCUT2D eigenvalue weighted by atomic mass is 32.3. The second-order valence-corrected chi connectivity index (χ2v) is 37.3. The second kappa shape index (κ2) is 22.8. The van der Waals surface area contributed by atoms with Crippen LogP contribution in [-0.2, 0) is 18.9 Å². The summed E-state index contributed by atoms with van der Waals surface area (Å²) in [4.78, 5) is 52.9. The summed E-state index contributed by atoms with van der Waals surface area (Å²) in [6.07, 6.45) is 11.4. The molecule has 12 nitrogen and oxygen atoms in total. The summed E-state index contributed by atoms with van der Waals surface area (Å²) in [7, 11) is 0. The van der Waals surface area contributed by atoms with E-state index in [1.807, 2.05) is 0 Å². The molecule has 12 atom stereocenters. The Morgan fingerprint density at radius 3 is 0.756 bits per heavy atom. The lowest BCUT2D eigenvalue weighted by Crippen LogP contribution is -2.40. The molecule has 10 rings (SSSR count). The molecule has 12 unspecified atom stereocenters. The minimum atomic E-state index is -0.331. The number of fused-ring (bicyclic) bond motifs is 8. The number of amides is 4. The highest BCUT2D eigenvalue weighted by molar-refractivity contribution is 8.45. The van der Waals surface area contributed by atoms with Gasteiger partial charge in [0, 0.05) is 70.9 Å². The first kappa shape index (κ1) is 60.2. The van der Waals surface area contributed by atoms with Gasteiger partial charge in [0.05, 0.1) is 25.4 Å². The number of ether oxygens (including phenoxy) is 4. The number of carbonyl (C=O) groups is 4. The van der Waals surface area contributed by atoms with Crippen LogP contribution in [0.15, 0.2) is 25.4 Å². The molecule has 78 heavy (non-hydrogen) atoms. The number of thioether (sulfide) groups is 8. The van der Waals surface area contributed by atoms with Crippen LogP contribution in [0.25, 0.3) is 0 Å². The van der Waals surface area contributed by atoms with Crippen LogP contribution in [0.1, 0.15) is 160 Å². The van der Waals surface area contributed by atoms with Crippen molar-refractivity contribution in [2.75, 3.05) is 49.2 Å². The molecule has 10 aliphatic rings. The Morgan fingerprint density at radius 2 is 0.590 bits per heavy atom. The fourth-order valence-corrected chi connectivity index (χ4v) is 27.9. The average molecular weight is 1230 g/mol. The van der Waals surface area contributed by atoms with E-state index in [0.29, 0.717) is 72.9 Å². The Kier molecular flexibility index (Phi) is 17.6. The standard InChI is InChI=1S/C58H88N4O8S8/c1-51(2)33-13-17-55(51,9)37(29-33)67-47(63)59-21-25-71-41-42(72-26-22-60-48(64)68-38-30-34-14-18-56(38,10)52(34,3)4)76-45(75-41)46-77-43(73-27-23-61-49(65)69-39-31-35-15-19-57(39,11)53(35,5)6)44(78-46)74-28-24-62-50(66)70-40-32-36-16-20-58(40,12)54(36,7)8/h33-40H,13-32H2,1-12H3,(H,59,63)(H,60,64)(H,61,65)(H,62,66). The average Bonchev–Trinajstić information content (AvgIpc) is 4.33. The molecule has 8 fully saturated rings. The zero-order valence-electron chi connectivity index (χ0n) is 48.3. The number of rotatable bonds is 20. The molecule has 2 aliphatic heterocycles. The van der Waals surface area contributed by atoms with Crippen LogP contribution >= 0.6 is 94.1 Å². The highest BCUT2D eigenvalue weighted by Crippen LogP contribution is 2.70. The third kappa shape index (κ3) is 10.8. The van der Waals surface area contributed by atoms with Crippen molar-refractivity contribution in [3.63, 3.8) is 0 Å². The van der Waals surface area contributed by atoms with Crippen molar-refractivity contribution in [3.8, 4) is 0 Å². The van der Waals surface area contributed by atoms with Gasteiger partial charge in [-0.2, -0.15) is 0 Å². The molecule has 0 aromatic heterocycles. The maximum atomic E-state index is 13.2. The Morgan fingerprint density at radius 1 is 0.385 bits per heavy atom. The molecule has 2 heterocycles. The highest BCUT2D eigenvalue weighted by Gasteiger charge is 2.66. The van der Waals surface area contributed by atoms with E-state index < -0.39 is 0 Å². The molecule has 8 saturated carbocycles. The number of hydrogen-bond donors (Lipinski definition) is 4. The maximum Gasteiger partial charge on any atom is 0.407 e. The third-order valence-electron chi connectivity index (χ3n) is 23.5. The van der Waals surface area contributed by atoms with Crippen molar-refractivity contribution in [1.82, 2.24) is 21.3 Å². The van der Waals surface area contributed by atoms with Crippen LogP contribution in [0, 0.1) is 67.0 Å². The van der Waals surface area contributed by atoms with Gasteiger partial charge in [0.25, 0.3) is 0 Å². The predicted molar refractivity (Wildman–Crippen MR) is 331 cm³/mol. The molecule has 0 spiro atoms. The van der Waals surface area contributed by atoms with Crippen molar-refractivity contribution < 1.29 is 38.1 Å². The minimum Gasteiger partial charge on any atom is -0.446 e. The molecular formula is C58H88N4O8S8. The fraction of sp³-hybridized carbons (Fsp3) is 0.828. The molecule has 436 valence electrons. The lowest BCUT2D eigenvalue weighted by Gasteiger charge is -2.38. The molecule has 0 aromatic rings. The van der Waals surface area contributed by atoms with Gasteiger partial charge in [0.1, 0.15) is 24.4 Å². The van der Waals surface area contributed by atoms with E-state index in [0.717, 1.165) is 51.4 Å². The first-order valence-corrected chi connectivity index (χ1v) is 36.2. The first-order chi connectivity index (χ1) is 36.7. The van der Waals surface area contributed by atoms with E-state index in [4.69, 9.17) is 18.9 Å². The molecule has 0 saturated heterocycles. The monoisotopic (exact) mass is 1220 g/mol. The van der Waals surface area contributed by atoms with E-state index in [1.165, 1.54) is 51.1 Å². The normalized spacial score (nSPS) is 37.7. The summed E-state index contributed by atoms with van der Waals surface area (Å²) in [5, 5.41) is 12.3. The number of alkyl carbamates (subject to hydrolysis) is 4. The Bertz CT molecular complexity index is 2150. The number of carbonyl (C=O) groups excluding carboxylic acids is 4. The van der Waals surface area contributed by atoms with E-state index in [-0.39, 0.29) is 92.1 Å². The van der Waals surface area contributed by atoms with Crippen LogP contribution in [0.4, 0.5) is 19.2 Å². The van der Waals surface area contributed by atoms with Crippen LogP contribution in [-0.4, -0.2) is 98.0 Å². The SMILES string of the molecule is CC1(C)C2CCC1(C)C(OC(=O)NCCSC1=C(SCCNC(=O)OC3CC4CCC3(C)C4(C)C)SC(=C3SC(SCCNC(=O)OC4CC5CCC4(C)C5(C)C)=C(SCCNC(=O)OC4CC5CCC4(C)C5(C)C)S3)S1)C2. The summed E-state index contributed by atoms with van der Waals surface area (Å²) >= 11 is 14.1. The van der Waals surface area contributed by atoms with E-state index in [1.54, 1.807) is 94.1 Å². The molecule has 8 bridgehead atoms. The van der Waals surface area contributed by atoms with Gasteiger partial charge in [0.2, 0.25) is 0 Å². The van der Waals surface area contributed by atoms with Crippen molar-refractivity contribution >= 4 is 118 Å². The van der Waals surface area contributed by atoms with Crippen molar-refractivity contribution in [1.29, 1.82) is 0 Å².